The van der Waals surface area contributed by atoms with Gasteiger partial charge >= 0.3 is 0 Å². The average Bonchev–Trinajstić information content (AvgIpc) is 2.98. The smallest absolute Gasteiger partial charge is 0.272 e. The lowest BCUT2D eigenvalue weighted by atomic mass is 10.0. The first-order chi connectivity index (χ1) is 19.6. The molecule has 4 amide bonds. The van der Waals surface area contributed by atoms with E-state index in [2.05, 4.69) is 23.5 Å². The molecular formula is C29H28N6O6. The van der Waals surface area contributed by atoms with Gasteiger partial charge in [-0.2, -0.15) is 0 Å². The highest BCUT2D eigenvalue weighted by atomic mass is 16.5. The van der Waals surface area contributed by atoms with Crippen LogP contribution in [0.3, 0.4) is 0 Å². The molecule has 0 spiro atoms. The molecule has 3 aromatic rings. The summed E-state index contributed by atoms with van der Waals surface area (Å²) < 4.78 is 6.61. The molecule has 2 aromatic carbocycles. The molecule has 1 aromatic heterocycles. The van der Waals surface area contributed by atoms with E-state index < -0.39 is 17.4 Å². The number of fused-ring (bicyclic) bond motifs is 2. The van der Waals surface area contributed by atoms with E-state index in [-0.39, 0.29) is 35.2 Å². The zero-order valence-electron chi connectivity index (χ0n) is 22.7. The highest BCUT2D eigenvalue weighted by Gasteiger charge is 2.26. The van der Waals surface area contributed by atoms with Crippen LogP contribution >= 0.6 is 0 Å². The third-order valence-corrected chi connectivity index (χ3v) is 7.23. The van der Waals surface area contributed by atoms with Gasteiger partial charge < -0.3 is 24.8 Å². The van der Waals surface area contributed by atoms with Gasteiger partial charge in [0.05, 0.1) is 22.3 Å². The molecule has 1 fully saturated rings. The molecule has 1 N–H and O–H groups in total. The Kier molecular flexibility index (Phi) is 7.14. The van der Waals surface area contributed by atoms with E-state index >= 15 is 0 Å². The summed E-state index contributed by atoms with van der Waals surface area (Å²) in [4.78, 5) is 71.7. The van der Waals surface area contributed by atoms with Crippen molar-refractivity contribution in [3.8, 4) is 16.9 Å². The van der Waals surface area contributed by atoms with Crippen molar-refractivity contribution < 1.29 is 23.9 Å². The van der Waals surface area contributed by atoms with Crippen molar-refractivity contribution in [2.24, 2.45) is 0 Å². The number of amides is 4. The van der Waals surface area contributed by atoms with Gasteiger partial charge in [0.25, 0.3) is 23.3 Å². The van der Waals surface area contributed by atoms with Gasteiger partial charge in [-0.1, -0.05) is 31.4 Å². The zero-order chi connectivity index (χ0) is 29.4. The number of aromatic nitrogens is 2. The quantitative estimate of drug-likeness (QED) is 0.467. The number of anilines is 1. The Balaban J connectivity index is 1.35. The Morgan fingerprint density at radius 1 is 1.00 bits per heavy atom. The van der Waals surface area contributed by atoms with Crippen molar-refractivity contribution >= 4 is 45.9 Å². The highest BCUT2D eigenvalue weighted by molar-refractivity contribution is 6.15. The van der Waals surface area contributed by atoms with Crippen LogP contribution in [0.5, 0.6) is 5.75 Å². The van der Waals surface area contributed by atoms with Crippen molar-refractivity contribution in [2.45, 2.75) is 6.92 Å². The van der Waals surface area contributed by atoms with E-state index in [0.717, 1.165) is 10.1 Å². The molecule has 0 unspecified atom stereocenters. The molecule has 2 aliphatic rings. The maximum atomic E-state index is 13.4. The van der Waals surface area contributed by atoms with Crippen molar-refractivity contribution in [3.05, 3.63) is 71.9 Å². The van der Waals surface area contributed by atoms with E-state index in [1.165, 1.54) is 23.1 Å². The van der Waals surface area contributed by atoms with Crippen LogP contribution < -0.4 is 20.5 Å². The zero-order valence-corrected chi connectivity index (χ0v) is 22.7. The topological polar surface area (TPSA) is 134 Å². The Labute approximate surface area is 235 Å². The molecule has 5 rings (SSSR count). The molecule has 3 heterocycles. The molecule has 0 atom stereocenters. The monoisotopic (exact) mass is 556 g/mol. The van der Waals surface area contributed by atoms with Gasteiger partial charge in [0.15, 0.2) is 6.61 Å². The third kappa shape index (κ3) is 5.07. The van der Waals surface area contributed by atoms with Crippen LogP contribution in [0.15, 0.2) is 66.4 Å². The van der Waals surface area contributed by atoms with Gasteiger partial charge in [-0.25, -0.2) is 4.98 Å². The lowest BCUT2D eigenvalue weighted by Crippen LogP contribution is -2.51. The summed E-state index contributed by atoms with van der Waals surface area (Å²) in [6, 6.07) is 10.5. The second kappa shape index (κ2) is 10.7. The minimum Gasteiger partial charge on any atom is -0.482 e. The first-order valence-electron chi connectivity index (χ1n) is 12.8. The molecule has 1 saturated heterocycles. The lowest BCUT2D eigenvalue weighted by Gasteiger charge is -2.34. The molecule has 41 heavy (non-hydrogen) atoms. The van der Waals surface area contributed by atoms with Gasteiger partial charge in [-0.05, 0) is 23.8 Å². The molecule has 0 bridgehead atoms. The molecule has 2 aliphatic heterocycles. The van der Waals surface area contributed by atoms with Crippen LogP contribution in [-0.4, -0.2) is 82.8 Å². The normalized spacial score (nSPS) is 14.8. The number of benzene rings is 2. The number of hydrogen-bond acceptors (Lipinski definition) is 7. The minimum absolute atomic E-state index is 0.0653. The van der Waals surface area contributed by atoms with Crippen LogP contribution in [0.25, 0.3) is 27.7 Å². The van der Waals surface area contributed by atoms with E-state index in [1.54, 1.807) is 36.2 Å². The van der Waals surface area contributed by atoms with Gasteiger partial charge in [0.1, 0.15) is 17.8 Å². The lowest BCUT2D eigenvalue weighted by molar-refractivity contribution is -0.136. The number of ether oxygens (including phenoxy) is 1. The minimum atomic E-state index is -0.782. The van der Waals surface area contributed by atoms with Crippen molar-refractivity contribution in [2.75, 3.05) is 44.7 Å². The van der Waals surface area contributed by atoms with Crippen LogP contribution in [-0.2, 0) is 19.2 Å². The van der Waals surface area contributed by atoms with E-state index in [4.69, 9.17) is 4.74 Å². The summed E-state index contributed by atoms with van der Waals surface area (Å²) in [7, 11) is 1.68. The molecule has 12 heteroatoms. The second-order valence-electron chi connectivity index (χ2n) is 9.72. The maximum Gasteiger partial charge on any atom is 0.272 e. The number of likely N-dealkylation sites (N-methyl/N-ethyl adjacent to an activating group) is 1. The highest BCUT2D eigenvalue weighted by Crippen LogP contribution is 2.36. The fourth-order valence-corrected chi connectivity index (χ4v) is 4.81. The van der Waals surface area contributed by atoms with Crippen LogP contribution in [0.4, 0.5) is 5.69 Å². The number of piperazine rings is 1. The fraction of sp³-hybridized carbons (Fsp3) is 0.241. The number of nitrogens with zero attached hydrogens (tertiary/aromatic N) is 5. The predicted molar refractivity (Wildman–Crippen MR) is 152 cm³/mol. The molecule has 0 radical (unpaired) electrons. The summed E-state index contributed by atoms with van der Waals surface area (Å²) in [6.07, 6.45) is 1.21. The molecule has 12 nitrogen and oxygen atoms in total. The van der Waals surface area contributed by atoms with E-state index in [1.807, 2.05) is 12.1 Å². The van der Waals surface area contributed by atoms with Gasteiger partial charge in [-0.15, -0.1) is 0 Å². The van der Waals surface area contributed by atoms with Crippen LogP contribution in [0.1, 0.15) is 6.92 Å². The van der Waals surface area contributed by atoms with Gasteiger partial charge in [0.2, 0.25) is 5.91 Å². The van der Waals surface area contributed by atoms with Gasteiger partial charge in [0, 0.05) is 45.7 Å². The molecule has 210 valence electrons. The standard InChI is InChI=1S/C29H28N6O6/c1-17(28(39)34-12-10-33(11-13-34)19(3)36)31-27(38)18(2)35-16-30-26-21(6-5-7-22(26)29(35)40)20-8-9-23-24(14-20)41-15-25(37)32(23)4/h5-9,14,16H,1-2,10-13,15H2,3-4H3,(H,31,38). The van der Waals surface area contributed by atoms with Crippen molar-refractivity contribution in [1.29, 1.82) is 0 Å². The van der Waals surface area contributed by atoms with E-state index in [9.17, 15) is 24.0 Å². The van der Waals surface area contributed by atoms with Crippen LogP contribution in [0, 0.1) is 0 Å². The summed E-state index contributed by atoms with van der Waals surface area (Å²) in [5.41, 5.74) is 1.52. The second-order valence-corrected chi connectivity index (χ2v) is 9.72. The third-order valence-electron chi connectivity index (χ3n) is 7.23. The molecule has 0 aliphatic carbocycles. The van der Waals surface area contributed by atoms with Crippen molar-refractivity contribution in [1.82, 2.24) is 24.7 Å². The number of carbonyl (C=O) groups is 4. The average molecular weight is 557 g/mol. The summed E-state index contributed by atoms with van der Waals surface area (Å²) >= 11 is 0. The number of rotatable bonds is 5. The summed E-state index contributed by atoms with van der Waals surface area (Å²) in [5, 5.41) is 2.68. The van der Waals surface area contributed by atoms with E-state index in [0.29, 0.717) is 48.7 Å². The number of para-hydroxylation sites is 1. The number of nitrogens with one attached hydrogen (secondary N) is 1. The molecule has 0 saturated carbocycles. The SMILES string of the molecule is C=C(NC(=O)C(=C)n1cnc2c(-c3ccc4c(c3)OCC(=O)N4C)cccc2c1=O)C(=O)N1CCN(C(C)=O)CC1. The van der Waals surface area contributed by atoms with Crippen LogP contribution in [0.2, 0.25) is 0 Å². The number of hydrogen-bond donors (Lipinski definition) is 1. The largest absolute Gasteiger partial charge is 0.482 e. The molecular weight excluding hydrogens is 528 g/mol. The summed E-state index contributed by atoms with van der Waals surface area (Å²) in [5.74, 6) is -0.939. The maximum absolute atomic E-state index is 13.4. The Morgan fingerprint density at radius 2 is 1.71 bits per heavy atom. The van der Waals surface area contributed by atoms with Gasteiger partial charge in [-0.3, -0.25) is 28.5 Å². The Bertz CT molecular complexity index is 1700. The Hall–Kier alpha value is -5.26. The first-order valence-corrected chi connectivity index (χ1v) is 12.8. The van der Waals surface area contributed by atoms with Crippen molar-refractivity contribution in [3.63, 3.8) is 0 Å². The predicted octanol–water partition coefficient (Wildman–Crippen LogP) is 1.21. The Morgan fingerprint density at radius 3 is 2.41 bits per heavy atom. The summed E-state index contributed by atoms with van der Waals surface area (Å²) in [6.45, 7) is 10.2. The first kappa shape index (κ1) is 27.3. The number of carbonyl (C=O) groups excluding carboxylic acids is 4. The fourth-order valence-electron chi connectivity index (χ4n) is 4.81.